The van der Waals surface area contributed by atoms with Gasteiger partial charge in [-0.1, -0.05) is 6.07 Å². The van der Waals surface area contributed by atoms with Crippen molar-refractivity contribution in [3.05, 3.63) is 34.5 Å². The van der Waals surface area contributed by atoms with Crippen LogP contribution in [0.5, 0.6) is 0 Å². The number of rotatable bonds is 6. The molecule has 0 fully saturated rings. The van der Waals surface area contributed by atoms with Crippen LogP contribution < -0.4 is 0 Å². The van der Waals surface area contributed by atoms with Crippen LogP contribution in [-0.2, 0) is 5.75 Å². The first-order valence-corrected chi connectivity index (χ1v) is 7.74. The monoisotopic (exact) mass is 300 g/mol. The maximum atomic E-state index is 13.9. The Morgan fingerprint density at radius 2 is 2.21 bits per heavy atom. The van der Waals surface area contributed by atoms with Crippen molar-refractivity contribution in [2.24, 2.45) is 0 Å². The molecule has 0 amide bonds. The first-order valence-electron chi connectivity index (χ1n) is 5.77. The molecule has 6 heteroatoms. The lowest BCUT2D eigenvalue weighted by Crippen LogP contribution is -1.98. The maximum Gasteiger partial charge on any atom is 0.346 e. The molecule has 0 aliphatic carbocycles. The van der Waals surface area contributed by atoms with Crippen molar-refractivity contribution < 1.29 is 19.4 Å². The number of thioether (sulfide) groups is 1. The second kappa shape index (κ2) is 6.36. The van der Waals surface area contributed by atoms with Crippen LogP contribution in [0.15, 0.2) is 18.2 Å². The zero-order valence-electron chi connectivity index (χ0n) is 10.1. The second-order valence-corrected chi connectivity index (χ2v) is 6.11. The molecule has 2 N–H and O–H groups in total. The van der Waals surface area contributed by atoms with E-state index in [1.54, 1.807) is 12.1 Å². The SMILES string of the molecule is O=C(O)c1sc2cccc(F)c2c1CSCCCO. The van der Waals surface area contributed by atoms with E-state index in [0.29, 0.717) is 27.8 Å². The number of carboxylic acids is 1. The summed E-state index contributed by atoms with van der Waals surface area (Å²) in [5, 5.41) is 18.3. The van der Waals surface area contributed by atoms with Crippen LogP contribution in [-0.4, -0.2) is 28.5 Å². The molecule has 0 saturated heterocycles. The molecule has 0 aliphatic rings. The summed E-state index contributed by atoms with van der Waals surface area (Å²) in [6.07, 6.45) is 0.650. The average molecular weight is 300 g/mol. The molecule has 0 bridgehead atoms. The molecule has 0 unspecified atom stereocenters. The van der Waals surface area contributed by atoms with E-state index in [-0.39, 0.29) is 17.3 Å². The highest BCUT2D eigenvalue weighted by Crippen LogP contribution is 2.35. The fraction of sp³-hybridized carbons (Fsp3) is 0.308. The molecule has 1 aromatic carbocycles. The average Bonchev–Trinajstić information content (AvgIpc) is 2.75. The molecule has 1 heterocycles. The van der Waals surface area contributed by atoms with Crippen LogP contribution in [0.1, 0.15) is 21.7 Å². The van der Waals surface area contributed by atoms with E-state index in [1.807, 2.05) is 0 Å². The largest absolute Gasteiger partial charge is 0.477 e. The summed E-state index contributed by atoms with van der Waals surface area (Å²) in [4.78, 5) is 11.4. The molecule has 2 rings (SSSR count). The maximum absolute atomic E-state index is 13.9. The minimum Gasteiger partial charge on any atom is -0.477 e. The van der Waals surface area contributed by atoms with Crippen LogP contribution >= 0.6 is 23.1 Å². The Labute approximate surface area is 118 Å². The summed E-state index contributed by atoms with van der Waals surface area (Å²) in [7, 11) is 0. The van der Waals surface area contributed by atoms with Gasteiger partial charge in [-0.25, -0.2) is 9.18 Å². The number of thiophene rings is 1. The molecule has 19 heavy (non-hydrogen) atoms. The minimum atomic E-state index is -1.02. The second-order valence-electron chi connectivity index (χ2n) is 3.96. The Morgan fingerprint density at radius 1 is 1.42 bits per heavy atom. The fourth-order valence-electron chi connectivity index (χ4n) is 1.82. The van der Waals surface area contributed by atoms with Crippen LogP contribution in [0, 0.1) is 5.82 Å². The van der Waals surface area contributed by atoms with Crippen molar-refractivity contribution in [2.45, 2.75) is 12.2 Å². The number of aliphatic hydroxyl groups is 1. The van der Waals surface area contributed by atoms with E-state index in [9.17, 15) is 14.3 Å². The van der Waals surface area contributed by atoms with Crippen LogP contribution in [0.2, 0.25) is 0 Å². The number of hydrogen-bond donors (Lipinski definition) is 2. The van der Waals surface area contributed by atoms with Gasteiger partial charge in [-0.05, 0) is 29.9 Å². The molecule has 3 nitrogen and oxygen atoms in total. The van der Waals surface area contributed by atoms with Gasteiger partial charge in [-0.15, -0.1) is 11.3 Å². The topological polar surface area (TPSA) is 57.5 Å². The van der Waals surface area contributed by atoms with Crippen molar-refractivity contribution in [1.29, 1.82) is 0 Å². The van der Waals surface area contributed by atoms with Crippen molar-refractivity contribution in [1.82, 2.24) is 0 Å². The highest BCUT2D eigenvalue weighted by Gasteiger charge is 2.19. The summed E-state index contributed by atoms with van der Waals surface area (Å²) in [6, 6.07) is 4.67. The van der Waals surface area contributed by atoms with Gasteiger partial charge < -0.3 is 10.2 Å². The lowest BCUT2D eigenvalue weighted by Gasteiger charge is -2.02. The van der Waals surface area contributed by atoms with Crippen molar-refractivity contribution in [3.8, 4) is 0 Å². The molecule has 0 saturated carbocycles. The first-order chi connectivity index (χ1) is 9.15. The smallest absolute Gasteiger partial charge is 0.346 e. The number of aliphatic hydroxyl groups excluding tert-OH is 1. The lowest BCUT2D eigenvalue weighted by atomic mass is 10.1. The third-order valence-corrected chi connectivity index (χ3v) is 4.91. The fourth-order valence-corrected chi connectivity index (χ4v) is 3.95. The molecular weight excluding hydrogens is 287 g/mol. The van der Waals surface area contributed by atoms with Gasteiger partial charge in [0.15, 0.2) is 0 Å². The van der Waals surface area contributed by atoms with Gasteiger partial charge in [0.2, 0.25) is 0 Å². The van der Waals surface area contributed by atoms with Gasteiger partial charge in [-0.2, -0.15) is 11.8 Å². The van der Waals surface area contributed by atoms with Crippen molar-refractivity contribution in [3.63, 3.8) is 0 Å². The lowest BCUT2D eigenvalue weighted by molar-refractivity contribution is 0.0701. The van der Waals surface area contributed by atoms with E-state index < -0.39 is 5.97 Å². The number of hydrogen-bond acceptors (Lipinski definition) is 4. The summed E-state index contributed by atoms with van der Waals surface area (Å²) >= 11 is 2.62. The Bertz CT molecular complexity index is 595. The van der Waals surface area contributed by atoms with Crippen LogP contribution in [0.3, 0.4) is 0 Å². The van der Waals surface area contributed by atoms with Crippen molar-refractivity contribution in [2.75, 3.05) is 12.4 Å². The van der Waals surface area contributed by atoms with Gasteiger partial charge in [0.25, 0.3) is 0 Å². The van der Waals surface area contributed by atoms with E-state index in [0.717, 1.165) is 17.1 Å². The number of halogens is 1. The van der Waals surface area contributed by atoms with E-state index in [4.69, 9.17) is 5.11 Å². The third kappa shape index (κ3) is 3.08. The first kappa shape index (κ1) is 14.3. The number of carboxylic acid groups (broad SMARTS) is 1. The summed E-state index contributed by atoms with van der Waals surface area (Å²) in [5.41, 5.74) is 0.550. The van der Waals surface area contributed by atoms with E-state index in [1.165, 1.54) is 17.8 Å². The van der Waals surface area contributed by atoms with Gasteiger partial charge in [0.05, 0.1) is 0 Å². The predicted octanol–water partition coefficient (Wildman–Crippen LogP) is 3.35. The quantitative estimate of drug-likeness (QED) is 0.803. The van der Waals surface area contributed by atoms with E-state index >= 15 is 0 Å². The van der Waals surface area contributed by atoms with Gasteiger partial charge in [0, 0.05) is 22.4 Å². The number of aromatic carboxylic acids is 1. The van der Waals surface area contributed by atoms with Gasteiger partial charge in [-0.3, -0.25) is 0 Å². The van der Waals surface area contributed by atoms with Gasteiger partial charge >= 0.3 is 5.97 Å². The summed E-state index contributed by atoms with van der Waals surface area (Å²) in [6.45, 7) is 0.109. The summed E-state index contributed by atoms with van der Waals surface area (Å²) in [5.74, 6) is -0.221. The summed E-state index contributed by atoms with van der Waals surface area (Å²) < 4.78 is 14.5. The van der Waals surface area contributed by atoms with Crippen LogP contribution in [0.4, 0.5) is 4.39 Å². The molecule has 2 aromatic rings. The number of carbonyl (C=O) groups is 1. The molecule has 0 atom stereocenters. The Balaban J connectivity index is 2.37. The zero-order chi connectivity index (χ0) is 13.8. The molecular formula is C13H13FO3S2. The zero-order valence-corrected chi connectivity index (χ0v) is 11.7. The number of benzene rings is 1. The molecule has 102 valence electrons. The molecule has 1 aromatic heterocycles. The normalized spacial score (nSPS) is 11.1. The Hall–Kier alpha value is -1.11. The van der Waals surface area contributed by atoms with E-state index in [2.05, 4.69) is 0 Å². The van der Waals surface area contributed by atoms with Crippen molar-refractivity contribution >= 4 is 39.2 Å². The molecule has 0 aliphatic heterocycles. The molecule has 0 spiro atoms. The van der Waals surface area contributed by atoms with Crippen LogP contribution in [0.25, 0.3) is 10.1 Å². The standard InChI is InChI=1S/C13H13FO3S2/c14-9-3-1-4-10-11(9)8(7-18-6-2-5-15)12(19-10)13(16)17/h1,3-4,15H,2,5-7H2,(H,16,17). The van der Waals surface area contributed by atoms with Gasteiger partial charge in [0.1, 0.15) is 10.7 Å². The highest BCUT2D eigenvalue weighted by atomic mass is 32.2. The number of fused-ring (bicyclic) bond motifs is 1. The third-order valence-electron chi connectivity index (χ3n) is 2.65. The predicted molar refractivity (Wildman–Crippen MR) is 76.6 cm³/mol. The minimum absolute atomic E-state index is 0.109. The highest BCUT2D eigenvalue weighted by molar-refractivity contribution is 7.98. The molecule has 0 radical (unpaired) electrons. The Kier molecular flexibility index (Phi) is 4.79. The Morgan fingerprint density at radius 3 is 2.89 bits per heavy atom.